The molecule has 0 bridgehead atoms. The first kappa shape index (κ1) is 21.5. The van der Waals surface area contributed by atoms with Crippen LogP contribution in [0.25, 0.3) is 11.2 Å². The van der Waals surface area contributed by atoms with Crippen LogP contribution in [0.4, 0.5) is 10.2 Å². The highest BCUT2D eigenvalue weighted by Gasteiger charge is 2.43. The van der Waals surface area contributed by atoms with E-state index in [9.17, 15) is 19.7 Å². The molecule has 9 nitrogen and oxygen atoms in total. The van der Waals surface area contributed by atoms with Crippen LogP contribution in [0.5, 0.6) is 0 Å². The summed E-state index contributed by atoms with van der Waals surface area (Å²) >= 11 is 1.52. The molecule has 5 rings (SSSR count). The molecule has 2 unspecified atom stereocenters. The van der Waals surface area contributed by atoms with E-state index >= 15 is 0 Å². The van der Waals surface area contributed by atoms with E-state index in [1.165, 1.54) is 28.6 Å². The zero-order valence-corrected chi connectivity index (χ0v) is 18.3. The number of anilines is 1. The quantitative estimate of drug-likeness (QED) is 0.308. The minimum atomic E-state index is -1.24. The van der Waals surface area contributed by atoms with Crippen molar-refractivity contribution in [2.24, 2.45) is 0 Å². The van der Waals surface area contributed by atoms with Gasteiger partial charge in [0, 0.05) is 24.1 Å². The molecule has 2 saturated carbocycles. The van der Waals surface area contributed by atoms with E-state index in [1.807, 2.05) is 0 Å². The third kappa shape index (κ3) is 3.94. The van der Waals surface area contributed by atoms with Crippen molar-refractivity contribution in [1.82, 2.24) is 25.0 Å². The van der Waals surface area contributed by atoms with Crippen LogP contribution in [0.1, 0.15) is 43.7 Å². The minimum absolute atomic E-state index is 0.133. The second-order valence-electron chi connectivity index (χ2n) is 8.41. The van der Waals surface area contributed by atoms with Crippen molar-refractivity contribution in [3.8, 4) is 0 Å². The lowest BCUT2D eigenvalue weighted by atomic mass is 10.1. The molecular weight excluding hydrogens is 435 g/mol. The van der Waals surface area contributed by atoms with Crippen molar-refractivity contribution in [1.29, 1.82) is 0 Å². The smallest absolute Gasteiger partial charge is 0.191 e. The molecule has 2 aliphatic carbocycles. The van der Waals surface area contributed by atoms with Gasteiger partial charge in [0.25, 0.3) is 0 Å². The van der Waals surface area contributed by atoms with Crippen LogP contribution >= 0.6 is 11.8 Å². The van der Waals surface area contributed by atoms with E-state index in [-0.39, 0.29) is 24.2 Å². The SMILES string of the molecule is CCCSc1nc(NC2CC2c2ccc(F)cc2)c2nnn([C@@H]3C[C@H](O)[C@@H](O)[C@H]3O)c2n1. The second-order valence-corrected chi connectivity index (χ2v) is 9.47. The number of benzene rings is 1. The molecule has 2 heterocycles. The summed E-state index contributed by atoms with van der Waals surface area (Å²) in [5, 5.41) is 42.8. The van der Waals surface area contributed by atoms with Crippen LogP contribution in [-0.2, 0) is 0 Å². The molecule has 2 aromatic heterocycles. The summed E-state index contributed by atoms with van der Waals surface area (Å²) in [6, 6.07) is 6.03. The maximum Gasteiger partial charge on any atom is 0.191 e. The lowest BCUT2D eigenvalue weighted by molar-refractivity contribution is -0.0253. The minimum Gasteiger partial charge on any atom is -0.390 e. The van der Waals surface area contributed by atoms with Gasteiger partial charge in [-0.25, -0.2) is 19.0 Å². The molecule has 0 spiro atoms. The molecule has 2 aliphatic rings. The zero-order chi connectivity index (χ0) is 22.4. The first-order valence-corrected chi connectivity index (χ1v) is 11.8. The Labute approximate surface area is 188 Å². The molecule has 0 amide bonds. The molecular formula is C21H25FN6O3S. The summed E-state index contributed by atoms with van der Waals surface area (Å²) < 4.78 is 14.7. The van der Waals surface area contributed by atoms with E-state index in [4.69, 9.17) is 0 Å². The summed E-state index contributed by atoms with van der Waals surface area (Å²) in [6.45, 7) is 2.08. The van der Waals surface area contributed by atoms with E-state index in [0.717, 1.165) is 24.2 Å². The van der Waals surface area contributed by atoms with Gasteiger partial charge in [0.05, 0.1) is 12.1 Å². The molecule has 6 atom stereocenters. The fraction of sp³-hybridized carbons (Fsp3) is 0.524. The molecule has 4 N–H and O–H groups in total. The number of nitrogens with zero attached hydrogens (tertiary/aromatic N) is 5. The monoisotopic (exact) mass is 460 g/mol. The van der Waals surface area contributed by atoms with Crippen molar-refractivity contribution in [2.75, 3.05) is 11.1 Å². The second kappa shape index (κ2) is 8.54. The number of hydrogen-bond acceptors (Lipinski definition) is 9. The van der Waals surface area contributed by atoms with Crippen LogP contribution in [0, 0.1) is 5.82 Å². The van der Waals surface area contributed by atoms with E-state index in [0.29, 0.717) is 22.1 Å². The van der Waals surface area contributed by atoms with Crippen LogP contribution in [0.3, 0.4) is 0 Å². The number of fused-ring (bicyclic) bond motifs is 1. The summed E-state index contributed by atoms with van der Waals surface area (Å²) in [5.74, 6) is 1.40. The van der Waals surface area contributed by atoms with Crippen molar-refractivity contribution in [3.63, 3.8) is 0 Å². The molecule has 2 fully saturated rings. The number of rotatable bonds is 7. The lowest BCUT2D eigenvalue weighted by Gasteiger charge is -2.16. The van der Waals surface area contributed by atoms with Gasteiger partial charge in [0.15, 0.2) is 22.1 Å². The van der Waals surface area contributed by atoms with Gasteiger partial charge in [-0.1, -0.05) is 36.0 Å². The number of nitrogens with one attached hydrogen (secondary N) is 1. The maximum atomic E-state index is 13.2. The molecule has 0 radical (unpaired) electrons. The van der Waals surface area contributed by atoms with Gasteiger partial charge in [-0.2, -0.15) is 0 Å². The Hall–Kier alpha value is -2.34. The van der Waals surface area contributed by atoms with Gasteiger partial charge < -0.3 is 20.6 Å². The van der Waals surface area contributed by atoms with Crippen molar-refractivity contribution < 1.29 is 19.7 Å². The average molecular weight is 461 g/mol. The van der Waals surface area contributed by atoms with E-state index in [2.05, 4.69) is 32.5 Å². The number of aliphatic hydroxyl groups excluding tert-OH is 3. The zero-order valence-electron chi connectivity index (χ0n) is 17.5. The molecule has 1 aromatic carbocycles. The van der Waals surface area contributed by atoms with Gasteiger partial charge in [-0.15, -0.1) is 5.10 Å². The molecule has 0 saturated heterocycles. The normalized spacial score (nSPS) is 29.5. The van der Waals surface area contributed by atoms with Crippen LogP contribution in [0.2, 0.25) is 0 Å². The predicted octanol–water partition coefficient (Wildman–Crippen LogP) is 1.86. The number of thioether (sulfide) groups is 1. The predicted molar refractivity (Wildman–Crippen MR) is 117 cm³/mol. The third-order valence-corrected chi connectivity index (χ3v) is 7.14. The Morgan fingerprint density at radius 1 is 1.12 bits per heavy atom. The number of aromatic nitrogens is 5. The van der Waals surface area contributed by atoms with Crippen molar-refractivity contribution >= 4 is 28.7 Å². The average Bonchev–Trinajstić information content (AvgIpc) is 3.34. The summed E-state index contributed by atoms with van der Waals surface area (Å²) in [4.78, 5) is 9.26. The molecule has 170 valence electrons. The highest BCUT2D eigenvalue weighted by molar-refractivity contribution is 7.99. The fourth-order valence-corrected chi connectivity index (χ4v) is 4.92. The van der Waals surface area contributed by atoms with Crippen LogP contribution < -0.4 is 5.32 Å². The Kier molecular flexibility index (Phi) is 5.74. The molecule has 11 heteroatoms. The third-order valence-electron chi connectivity index (χ3n) is 6.08. The Bertz CT molecular complexity index is 1110. The van der Waals surface area contributed by atoms with Crippen molar-refractivity contribution in [2.45, 2.75) is 67.7 Å². The first-order valence-electron chi connectivity index (χ1n) is 10.8. The topological polar surface area (TPSA) is 129 Å². The van der Waals surface area contributed by atoms with Crippen LogP contribution in [-0.4, -0.2) is 70.4 Å². The van der Waals surface area contributed by atoms with Gasteiger partial charge in [-0.05, 0) is 30.5 Å². The number of aliphatic hydroxyl groups is 3. The highest BCUT2D eigenvalue weighted by atomic mass is 32.2. The lowest BCUT2D eigenvalue weighted by Crippen LogP contribution is -2.31. The highest BCUT2D eigenvalue weighted by Crippen LogP contribution is 2.43. The number of hydrogen-bond donors (Lipinski definition) is 4. The van der Waals surface area contributed by atoms with Gasteiger partial charge in [-0.3, -0.25) is 0 Å². The number of halogens is 1. The fourth-order valence-electron chi connectivity index (χ4n) is 4.23. The first-order chi connectivity index (χ1) is 15.5. The van der Waals surface area contributed by atoms with E-state index in [1.54, 1.807) is 12.1 Å². The van der Waals surface area contributed by atoms with Crippen LogP contribution in [0.15, 0.2) is 29.4 Å². The largest absolute Gasteiger partial charge is 0.390 e. The molecule has 32 heavy (non-hydrogen) atoms. The maximum absolute atomic E-state index is 13.2. The van der Waals surface area contributed by atoms with Gasteiger partial charge in [0.2, 0.25) is 0 Å². The van der Waals surface area contributed by atoms with Crippen molar-refractivity contribution in [3.05, 3.63) is 35.6 Å². The summed E-state index contributed by atoms with van der Waals surface area (Å²) in [6.07, 6.45) is -1.44. The van der Waals surface area contributed by atoms with Gasteiger partial charge in [0.1, 0.15) is 18.0 Å². The van der Waals surface area contributed by atoms with Gasteiger partial charge >= 0.3 is 0 Å². The standard InChI is InChI=1S/C21H25FN6O3S/c1-2-7-32-21-24-19(23-13-8-12(13)10-3-5-11(22)6-4-10)16-20(25-21)28(27-26-16)14-9-15(29)18(31)17(14)30/h3-6,12-15,17-18,29-31H,2,7-9H2,1H3,(H,23,24,25)/t12?,13?,14-,15+,17+,18-/m1/s1. The Morgan fingerprint density at radius 3 is 2.59 bits per heavy atom. The molecule has 3 aromatic rings. The molecule has 0 aliphatic heterocycles. The summed E-state index contributed by atoms with van der Waals surface area (Å²) in [7, 11) is 0. The van der Waals surface area contributed by atoms with E-state index < -0.39 is 24.4 Å². The Balaban J connectivity index is 1.45. The summed E-state index contributed by atoms with van der Waals surface area (Å²) in [5.41, 5.74) is 1.99. The Morgan fingerprint density at radius 2 is 1.91 bits per heavy atom.